The molecule has 110 valence electrons. The second kappa shape index (κ2) is 5.87. The van der Waals surface area contributed by atoms with E-state index >= 15 is 0 Å². The third-order valence-corrected chi connectivity index (χ3v) is 2.67. The lowest BCUT2D eigenvalue weighted by Crippen LogP contribution is -2.04. The van der Waals surface area contributed by atoms with Crippen LogP contribution in [-0.4, -0.2) is 13.1 Å². The maximum absolute atomic E-state index is 12.4. The predicted octanol–water partition coefficient (Wildman–Crippen LogP) is 4.28. The Kier molecular flexibility index (Phi) is 4.16. The summed E-state index contributed by atoms with van der Waals surface area (Å²) in [6, 6.07) is 10.5. The lowest BCUT2D eigenvalue weighted by molar-refractivity contribution is -0.137. The van der Waals surface area contributed by atoms with Crippen molar-refractivity contribution in [3.8, 4) is 11.5 Å². The summed E-state index contributed by atoms with van der Waals surface area (Å²) in [7, 11) is 1.26. The number of hydrogen-bond donors (Lipinski definition) is 0. The van der Waals surface area contributed by atoms with Gasteiger partial charge in [0, 0.05) is 0 Å². The first kappa shape index (κ1) is 14.9. The van der Waals surface area contributed by atoms with Crippen LogP contribution in [0.15, 0.2) is 48.5 Å². The Morgan fingerprint density at radius 3 is 2.24 bits per heavy atom. The third-order valence-electron chi connectivity index (χ3n) is 2.67. The zero-order chi connectivity index (χ0) is 15.5. The minimum Gasteiger partial charge on any atom is -0.465 e. The number of rotatable bonds is 3. The molecular weight excluding hydrogens is 285 g/mol. The first-order valence-corrected chi connectivity index (χ1v) is 5.93. The monoisotopic (exact) mass is 296 g/mol. The van der Waals surface area contributed by atoms with E-state index in [4.69, 9.17) is 4.74 Å². The van der Waals surface area contributed by atoms with Crippen molar-refractivity contribution < 1.29 is 27.4 Å². The number of benzene rings is 2. The molecule has 2 aromatic rings. The number of hydrogen-bond acceptors (Lipinski definition) is 3. The van der Waals surface area contributed by atoms with Crippen LogP contribution in [-0.2, 0) is 10.9 Å². The van der Waals surface area contributed by atoms with Crippen molar-refractivity contribution in [2.45, 2.75) is 6.18 Å². The molecule has 0 saturated heterocycles. The molecule has 0 aliphatic carbocycles. The molecule has 0 heterocycles. The van der Waals surface area contributed by atoms with Crippen LogP contribution in [0.4, 0.5) is 13.2 Å². The molecule has 0 saturated carbocycles. The Hall–Kier alpha value is -2.50. The van der Waals surface area contributed by atoms with E-state index in [1.165, 1.54) is 25.3 Å². The Morgan fingerprint density at radius 1 is 1.00 bits per heavy atom. The second-order valence-corrected chi connectivity index (χ2v) is 4.14. The minimum atomic E-state index is -4.39. The van der Waals surface area contributed by atoms with Crippen LogP contribution in [0, 0.1) is 0 Å². The third kappa shape index (κ3) is 3.75. The van der Waals surface area contributed by atoms with Gasteiger partial charge in [-0.05, 0) is 42.5 Å². The molecule has 0 aliphatic heterocycles. The number of ether oxygens (including phenoxy) is 2. The van der Waals surface area contributed by atoms with Crippen molar-refractivity contribution in [2.24, 2.45) is 0 Å². The highest BCUT2D eigenvalue weighted by Gasteiger charge is 2.30. The Labute approximate surface area is 118 Å². The normalized spacial score (nSPS) is 11.0. The van der Waals surface area contributed by atoms with Gasteiger partial charge < -0.3 is 9.47 Å². The Balaban J connectivity index is 2.17. The number of methoxy groups -OCH3 is 1. The quantitative estimate of drug-likeness (QED) is 0.793. The van der Waals surface area contributed by atoms with E-state index in [1.807, 2.05) is 0 Å². The Morgan fingerprint density at radius 2 is 1.67 bits per heavy atom. The molecule has 0 spiro atoms. The van der Waals surface area contributed by atoms with Gasteiger partial charge in [0.15, 0.2) is 0 Å². The fourth-order valence-corrected chi connectivity index (χ4v) is 1.65. The van der Waals surface area contributed by atoms with Crippen molar-refractivity contribution in [1.82, 2.24) is 0 Å². The van der Waals surface area contributed by atoms with Crippen LogP contribution >= 0.6 is 0 Å². The van der Waals surface area contributed by atoms with Crippen LogP contribution in [0.1, 0.15) is 15.9 Å². The van der Waals surface area contributed by atoms with Gasteiger partial charge in [0.1, 0.15) is 11.5 Å². The predicted molar refractivity (Wildman–Crippen MR) is 69.3 cm³/mol. The number of halogens is 3. The number of alkyl halides is 3. The topological polar surface area (TPSA) is 35.5 Å². The SMILES string of the molecule is COC(=O)c1cccc(Oc2ccc(C(F)(F)F)cc2)c1. The summed E-state index contributed by atoms with van der Waals surface area (Å²) in [5.41, 5.74) is -0.458. The largest absolute Gasteiger partial charge is 0.465 e. The van der Waals surface area contributed by atoms with Gasteiger partial charge in [0.05, 0.1) is 18.2 Å². The summed E-state index contributed by atoms with van der Waals surface area (Å²) in [5, 5.41) is 0. The molecular formula is C15H11F3O3. The van der Waals surface area contributed by atoms with Crippen molar-refractivity contribution >= 4 is 5.97 Å². The fourth-order valence-electron chi connectivity index (χ4n) is 1.65. The summed E-state index contributed by atoms with van der Waals surface area (Å²) in [6.07, 6.45) is -4.39. The highest BCUT2D eigenvalue weighted by Crippen LogP contribution is 2.31. The molecule has 2 rings (SSSR count). The zero-order valence-corrected chi connectivity index (χ0v) is 11.0. The number of carbonyl (C=O) groups is 1. The molecule has 0 unspecified atom stereocenters. The van der Waals surface area contributed by atoms with Gasteiger partial charge in [-0.15, -0.1) is 0 Å². The van der Waals surface area contributed by atoms with Crippen LogP contribution in [0.2, 0.25) is 0 Å². The van der Waals surface area contributed by atoms with Gasteiger partial charge >= 0.3 is 12.1 Å². The molecule has 0 aromatic heterocycles. The first-order chi connectivity index (χ1) is 9.90. The van der Waals surface area contributed by atoms with E-state index in [2.05, 4.69) is 4.74 Å². The lowest BCUT2D eigenvalue weighted by Gasteiger charge is -2.09. The molecule has 6 heteroatoms. The highest BCUT2D eigenvalue weighted by molar-refractivity contribution is 5.89. The average molecular weight is 296 g/mol. The summed E-state index contributed by atoms with van der Waals surface area (Å²) < 4.78 is 47.3. The van der Waals surface area contributed by atoms with E-state index in [-0.39, 0.29) is 5.75 Å². The molecule has 0 bridgehead atoms. The molecule has 0 radical (unpaired) electrons. The summed E-state index contributed by atoms with van der Waals surface area (Å²) >= 11 is 0. The second-order valence-electron chi connectivity index (χ2n) is 4.14. The molecule has 0 N–H and O–H groups in total. The smallest absolute Gasteiger partial charge is 0.416 e. The van der Waals surface area contributed by atoms with E-state index < -0.39 is 17.7 Å². The first-order valence-electron chi connectivity index (χ1n) is 5.93. The van der Waals surface area contributed by atoms with Gasteiger partial charge in [-0.1, -0.05) is 6.07 Å². The maximum Gasteiger partial charge on any atom is 0.416 e. The molecule has 0 fully saturated rings. The molecule has 0 amide bonds. The van der Waals surface area contributed by atoms with Gasteiger partial charge in [-0.2, -0.15) is 13.2 Å². The van der Waals surface area contributed by atoms with Gasteiger partial charge in [0.2, 0.25) is 0 Å². The molecule has 21 heavy (non-hydrogen) atoms. The standard InChI is InChI=1S/C15H11F3O3/c1-20-14(19)10-3-2-4-13(9-10)21-12-7-5-11(6-8-12)15(16,17)18/h2-9H,1H3. The van der Waals surface area contributed by atoms with Crippen molar-refractivity contribution in [3.63, 3.8) is 0 Å². The maximum atomic E-state index is 12.4. The van der Waals surface area contributed by atoms with E-state index in [0.717, 1.165) is 12.1 Å². The number of esters is 1. The average Bonchev–Trinajstić information content (AvgIpc) is 2.46. The molecule has 0 atom stereocenters. The van der Waals surface area contributed by atoms with E-state index in [0.29, 0.717) is 11.3 Å². The van der Waals surface area contributed by atoms with E-state index in [1.54, 1.807) is 18.2 Å². The summed E-state index contributed by atoms with van der Waals surface area (Å²) in [4.78, 5) is 11.4. The molecule has 0 aliphatic rings. The van der Waals surface area contributed by atoms with Gasteiger partial charge in [-0.3, -0.25) is 0 Å². The minimum absolute atomic E-state index is 0.241. The van der Waals surface area contributed by atoms with Crippen LogP contribution in [0.5, 0.6) is 11.5 Å². The summed E-state index contributed by atoms with van der Waals surface area (Å²) in [5.74, 6) is 0.0514. The zero-order valence-electron chi connectivity index (χ0n) is 11.0. The van der Waals surface area contributed by atoms with Gasteiger partial charge in [-0.25, -0.2) is 4.79 Å². The van der Waals surface area contributed by atoms with Crippen molar-refractivity contribution in [3.05, 3.63) is 59.7 Å². The Bertz CT molecular complexity index is 633. The van der Waals surface area contributed by atoms with Crippen LogP contribution < -0.4 is 4.74 Å². The molecule has 3 nitrogen and oxygen atoms in total. The van der Waals surface area contributed by atoms with Crippen LogP contribution in [0.3, 0.4) is 0 Å². The van der Waals surface area contributed by atoms with Crippen LogP contribution in [0.25, 0.3) is 0 Å². The lowest BCUT2D eigenvalue weighted by atomic mass is 10.2. The van der Waals surface area contributed by atoms with E-state index in [9.17, 15) is 18.0 Å². The number of carbonyl (C=O) groups excluding carboxylic acids is 1. The van der Waals surface area contributed by atoms with Gasteiger partial charge in [0.25, 0.3) is 0 Å². The molecule has 2 aromatic carbocycles. The van der Waals surface area contributed by atoms with Crippen molar-refractivity contribution in [1.29, 1.82) is 0 Å². The highest BCUT2D eigenvalue weighted by atomic mass is 19.4. The van der Waals surface area contributed by atoms with Crippen molar-refractivity contribution in [2.75, 3.05) is 7.11 Å². The fraction of sp³-hybridized carbons (Fsp3) is 0.133. The summed E-state index contributed by atoms with van der Waals surface area (Å²) in [6.45, 7) is 0.